The van der Waals surface area contributed by atoms with E-state index in [1.165, 1.54) is 4.90 Å². The van der Waals surface area contributed by atoms with Gasteiger partial charge in [-0.2, -0.15) is 0 Å². The predicted molar refractivity (Wildman–Crippen MR) is 113 cm³/mol. The molecule has 29 heavy (non-hydrogen) atoms. The number of likely N-dealkylation sites (tertiary alicyclic amines) is 1. The fourth-order valence-corrected chi connectivity index (χ4v) is 4.87. The van der Waals surface area contributed by atoms with E-state index in [1.54, 1.807) is 24.1 Å². The van der Waals surface area contributed by atoms with Gasteiger partial charge in [-0.15, -0.1) is 0 Å². The first-order valence-corrected chi connectivity index (χ1v) is 10.2. The van der Waals surface area contributed by atoms with Crippen molar-refractivity contribution in [3.8, 4) is 0 Å². The molecule has 1 aromatic rings. The SMILES string of the molecule is CN(C(=O)C(N)CO)[C@@]1(Cc2ccc(Cl)cc2)CCCN(C(=O)O)C1C(C)(C)C. The van der Waals surface area contributed by atoms with Crippen LogP contribution in [-0.4, -0.2) is 69.8 Å². The smallest absolute Gasteiger partial charge is 0.407 e. The Labute approximate surface area is 177 Å². The Morgan fingerprint density at radius 1 is 1.34 bits per heavy atom. The van der Waals surface area contributed by atoms with Gasteiger partial charge in [0.1, 0.15) is 6.04 Å². The second kappa shape index (κ2) is 8.90. The zero-order valence-electron chi connectivity index (χ0n) is 17.6. The first-order chi connectivity index (χ1) is 13.4. The van der Waals surface area contributed by atoms with Crippen molar-refractivity contribution in [2.75, 3.05) is 20.2 Å². The molecule has 1 fully saturated rings. The van der Waals surface area contributed by atoms with Crippen LogP contribution in [0.3, 0.4) is 0 Å². The number of hydrogen-bond donors (Lipinski definition) is 3. The molecule has 162 valence electrons. The monoisotopic (exact) mass is 425 g/mol. The molecule has 0 radical (unpaired) electrons. The van der Waals surface area contributed by atoms with Gasteiger partial charge in [-0.25, -0.2) is 4.79 Å². The van der Waals surface area contributed by atoms with Crippen LogP contribution in [0.25, 0.3) is 0 Å². The Bertz CT molecular complexity index is 734. The van der Waals surface area contributed by atoms with Crippen LogP contribution in [0.4, 0.5) is 4.79 Å². The highest BCUT2D eigenvalue weighted by molar-refractivity contribution is 6.30. The molecule has 7 nitrogen and oxygen atoms in total. The molecule has 0 saturated carbocycles. The maximum absolute atomic E-state index is 13.0. The summed E-state index contributed by atoms with van der Waals surface area (Å²) in [5.41, 5.74) is 5.55. The molecule has 0 aromatic heterocycles. The molecule has 0 aliphatic carbocycles. The number of piperidine rings is 1. The van der Waals surface area contributed by atoms with Crippen molar-refractivity contribution in [3.63, 3.8) is 0 Å². The number of halogens is 1. The van der Waals surface area contributed by atoms with E-state index in [-0.39, 0.29) is 0 Å². The van der Waals surface area contributed by atoms with E-state index in [2.05, 4.69) is 0 Å². The Morgan fingerprint density at radius 3 is 2.41 bits per heavy atom. The van der Waals surface area contributed by atoms with Crippen LogP contribution < -0.4 is 5.73 Å². The molecule has 2 rings (SSSR count). The highest BCUT2D eigenvalue weighted by atomic mass is 35.5. The van der Waals surface area contributed by atoms with Crippen molar-refractivity contribution < 1.29 is 19.8 Å². The normalized spacial score (nSPS) is 23.6. The Kier molecular flexibility index (Phi) is 7.19. The number of nitrogens with two attached hydrogens (primary N) is 1. The highest BCUT2D eigenvalue weighted by Gasteiger charge is 2.55. The summed E-state index contributed by atoms with van der Waals surface area (Å²) < 4.78 is 0. The zero-order valence-corrected chi connectivity index (χ0v) is 18.3. The molecule has 1 aromatic carbocycles. The summed E-state index contributed by atoms with van der Waals surface area (Å²) in [4.78, 5) is 28.2. The van der Waals surface area contributed by atoms with Crippen molar-refractivity contribution >= 4 is 23.6 Å². The van der Waals surface area contributed by atoms with Gasteiger partial charge in [-0.3, -0.25) is 4.79 Å². The summed E-state index contributed by atoms with van der Waals surface area (Å²) in [5.74, 6) is -0.400. The van der Waals surface area contributed by atoms with Gasteiger partial charge in [-0.05, 0) is 42.4 Å². The lowest BCUT2D eigenvalue weighted by Crippen LogP contribution is -2.72. The van der Waals surface area contributed by atoms with Gasteiger partial charge in [0.05, 0.1) is 18.2 Å². The topological polar surface area (TPSA) is 107 Å². The summed E-state index contributed by atoms with van der Waals surface area (Å²) in [6.07, 6.45) is 0.702. The molecule has 2 unspecified atom stereocenters. The van der Waals surface area contributed by atoms with Gasteiger partial charge >= 0.3 is 6.09 Å². The number of aliphatic hydroxyl groups excluding tert-OH is 1. The Morgan fingerprint density at radius 2 is 1.93 bits per heavy atom. The number of carboxylic acid groups (broad SMARTS) is 1. The fraction of sp³-hybridized carbons (Fsp3) is 0.619. The molecule has 1 saturated heterocycles. The van der Waals surface area contributed by atoms with E-state index >= 15 is 0 Å². The highest BCUT2D eigenvalue weighted by Crippen LogP contribution is 2.44. The quantitative estimate of drug-likeness (QED) is 0.672. The number of aliphatic hydroxyl groups is 1. The lowest BCUT2D eigenvalue weighted by atomic mass is 9.65. The maximum Gasteiger partial charge on any atom is 0.407 e. The summed E-state index contributed by atoms with van der Waals surface area (Å²) in [6, 6.07) is 5.85. The number of carbonyl (C=O) groups excluding carboxylic acids is 1. The van der Waals surface area contributed by atoms with Crippen molar-refractivity contribution in [2.45, 2.75) is 57.7 Å². The molecule has 2 amide bonds. The number of nitrogens with zero attached hydrogens (tertiary/aromatic N) is 2. The average Bonchev–Trinajstić information content (AvgIpc) is 2.66. The Hall–Kier alpha value is -1.83. The Balaban J connectivity index is 2.63. The number of amides is 2. The third-order valence-corrected chi connectivity index (χ3v) is 6.08. The van der Waals surface area contributed by atoms with E-state index in [9.17, 15) is 19.8 Å². The van der Waals surface area contributed by atoms with Crippen LogP contribution in [0, 0.1) is 5.41 Å². The molecule has 1 aliphatic heterocycles. The van der Waals surface area contributed by atoms with E-state index in [1.807, 2.05) is 32.9 Å². The standard InChI is InChI=1S/C21H32ClN3O4/c1-20(2,3)18-21(10-5-11-25(18)19(28)29,24(4)17(27)16(23)13-26)12-14-6-8-15(22)9-7-14/h6-9,16,18,26H,5,10-13,23H2,1-4H3,(H,28,29)/t16?,18?,21-/m1/s1. The first kappa shape index (κ1) is 23.4. The lowest BCUT2D eigenvalue weighted by molar-refractivity contribution is -0.147. The van der Waals surface area contributed by atoms with Gasteiger partial charge in [0, 0.05) is 18.6 Å². The molecule has 4 N–H and O–H groups in total. The van der Waals surface area contributed by atoms with E-state index in [0.29, 0.717) is 30.8 Å². The summed E-state index contributed by atoms with van der Waals surface area (Å²) in [5, 5.41) is 20.0. The van der Waals surface area contributed by atoms with Gasteiger partial charge in [0.25, 0.3) is 0 Å². The number of rotatable bonds is 5. The average molecular weight is 426 g/mol. The third kappa shape index (κ3) is 4.85. The van der Waals surface area contributed by atoms with E-state index < -0.39 is 41.6 Å². The predicted octanol–water partition coefficient (Wildman–Crippen LogP) is 2.59. The first-order valence-electron chi connectivity index (χ1n) is 9.82. The van der Waals surface area contributed by atoms with Crippen molar-refractivity contribution in [2.24, 2.45) is 11.1 Å². The van der Waals surface area contributed by atoms with Crippen LogP contribution in [0.15, 0.2) is 24.3 Å². The number of benzene rings is 1. The second-order valence-corrected chi connectivity index (χ2v) is 9.38. The number of hydrogen-bond acceptors (Lipinski definition) is 4. The van der Waals surface area contributed by atoms with Crippen molar-refractivity contribution in [3.05, 3.63) is 34.9 Å². The van der Waals surface area contributed by atoms with E-state index in [4.69, 9.17) is 17.3 Å². The molecular formula is C21H32ClN3O4. The van der Waals surface area contributed by atoms with Gasteiger partial charge < -0.3 is 25.7 Å². The summed E-state index contributed by atoms with van der Waals surface area (Å²) in [7, 11) is 1.66. The number of carbonyl (C=O) groups is 2. The second-order valence-electron chi connectivity index (χ2n) is 8.94. The van der Waals surface area contributed by atoms with Gasteiger partial charge in [0.2, 0.25) is 5.91 Å². The van der Waals surface area contributed by atoms with Gasteiger partial charge in [0.15, 0.2) is 0 Å². The fourth-order valence-electron chi connectivity index (χ4n) is 4.75. The van der Waals surface area contributed by atoms with Crippen LogP contribution in [0.2, 0.25) is 5.02 Å². The largest absolute Gasteiger partial charge is 0.465 e. The molecule has 0 bridgehead atoms. The van der Waals surface area contributed by atoms with Crippen molar-refractivity contribution in [1.82, 2.24) is 9.80 Å². The molecule has 8 heteroatoms. The lowest BCUT2D eigenvalue weighted by Gasteiger charge is -2.58. The zero-order chi connectivity index (χ0) is 22.0. The minimum atomic E-state index is -1.05. The maximum atomic E-state index is 13.0. The van der Waals surface area contributed by atoms with E-state index in [0.717, 1.165) is 5.56 Å². The minimum absolute atomic E-state index is 0.400. The molecule has 1 heterocycles. The summed E-state index contributed by atoms with van der Waals surface area (Å²) in [6.45, 7) is 5.90. The third-order valence-electron chi connectivity index (χ3n) is 5.83. The molecule has 1 aliphatic rings. The molecular weight excluding hydrogens is 394 g/mol. The van der Waals surface area contributed by atoms with Crippen LogP contribution in [0.1, 0.15) is 39.2 Å². The van der Waals surface area contributed by atoms with Crippen LogP contribution >= 0.6 is 11.6 Å². The number of likely N-dealkylation sites (N-methyl/N-ethyl adjacent to an activating group) is 1. The minimum Gasteiger partial charge on any atom is -0.465 e. The molecule has 0 spiro atoms. The molecule has 3 atom stereocenters. The van der Waals surface area contributed by atoms with Crippen LogP contribution in [0.5, 0.6) is 0 Å². The summed E-state index contributed by atoms with van der Waals surface area (Å²) >= 11 is 6.03. The van der Waals surface area contributed by atoms with Gasteiger partial charge in [-0.1, -0.05) is 44.5 Å². The van der Waals surface area contributed by atoms with Crippen molar-refractivity contribution in [1.29, 1.82) is 0 Å². The van der Waals surface area contributed by atoms with Crippen LogP contribution in [-0.2, 0) is 11.2 Å².